The van der Waals surface area contributed by atoms with Crippen LogP contribution in [0.5, 0.6) is 0 Å². The molecule has 0 radical (unpaired) electrons. The second-order valence-electron chi connectivity index (χ2n) is 8.02. The fourth-order valence-electron chi connectivity index (χ4n) is 3.40. The van der Waals surface area contributed by atoms with Gasteiger partial charge < -0.3 is 36.0 Å². The minimum Gasteiger partial charge on any atom is -0.480 e. The summed E-state index contributed by atoms with van der Waals surface area (Å²) in [7, 11) is 0. The SMILES string of the molecule is O=C(O)[C@H](Cc1ccccc1)Nc1nc(NCCOCCO)nc(N[C@@H](Cc2ccccc2)C(=O)O)n1. The summed E-state index contributed by atoms with van der Waals surface area (Å²) in [5.74, 6) is -2.18. The third-order valence-electron chi connectivity index (χ3n) is 5.17. The third-order valence-corrected chi connectivity index (χ3v) is 5.17. The second-order valence-corrected chi connectivity index (χ2v) is 8.02. The number of aliphatic carboxylic acids is 2. The summed E-state index contributed by atoms with van der Waals surface area (Å²) in [6, 6.07) is 16.1. The number of aliphatic hydroxyl groups excluding tert-OH is 1. The first-order chi connectivity index (χ1) is 17.9. The van der Waals surface area contributed by atoms with Crippen molar-refractivity contribution in [3.8, 4) is 0 Å². The van der Waals surface area contributed by atoms with Crippen molar-refractivity contribution in [1.82, 2.24) is 15.0 Å². The molecule has 0 amide bonds. The van der Waals surface area contributed by atoms with Crippen LogP contribution in [0, 0.1) is 0 Å². The molecule has 1 heterocycles. The number of hydrogen-bond acceptors (Lipinski definition) is 10. The van der Waals surface area contributed by atoms with E-state index in [1.54, 1.807) is 0 Å². The van der Waals surface area contributed by atoms with E-state index < -0.39 is 24.0 Å². The minimum absolute atomic E-state index is 0.0385. The van der Waals surface area contributed by atoms with Gasteiger partial charge in [0.25, 0.3) is 0 Å². The summed E-state index contributed by atoms with van der Waals surface area (Å²) in [5.41, 5.74) is 1.62. The van der Waals surface area contributed by atoms with E-state index in [1.807, 2.05) is 60.7 Å². The number of carbonyl (C=O) groups is 2. The standard InChI is InChI=1S/C25H30N6O6/c32-12-14-37-13-11-26-23-29-24(27-19(21(33)34)15-17-7-3-1-4-8-17)31-25(30-23)28-20(22(35)36)16-18-9-5-2-6-10-18/h1-10,19-20,32H,11-16H2,(H,33,34)(H,35,36)(H3,26,27,28,29,30,31)/t19-,20-/m0/s1. The molecule has 12 heteroatoms. The highest BCUT2D eigenvalue weighted by Crippen LogP contribution is 2.15. The average Bonchev–Trinajstić information content (AvgIpc) is 2.89. The van der Waals surface area contributed by atoms with Gasteiger partial charge in [-0.2, -0.15) is 15.0 Å². The van der Waals surface area contributed by atoms with Crippen LogP contribution in [0.25, 0.3) is 0 Å². The van der Waals surface area contributed by atoms with Crippen molar-refractivity contribution in [3.05, 3.63) is 71.8 Å². The van der Waals surface area contributed by atoms with Crippen LogP contribution in [0.1, 0.15) is 11.1 Å². The van der Waals surface area contributed by atoms with E-state index in [9.17, 15) is 19.8 Å². The molecule has 3 aromatic rings. The van der Waals surface area contributed by atoms with Gasteiger partial charge in [0, 0.05) is 19.4 Å². The number of carboxylic acids is 2. The summed E-state index contributed by atoms with van der Waals surface area (Å²) in [6.07, 6.45) is 0.349. The van der Waals surface area contributed by atoms with E-state index in [-0.39, 0.29) is 50.5 Å². The maximum Gasteiger partial charge on any atom is 0.326 e. The topological polar surface area (TPSA) is 179 Å². The van der Waals surface area contributed by atoms with Gasteiger partial charge in [-0.3, -0.25) is 0 Å². The molecule has 0 saturated carbocycles. The molecule has 196 valence electrons. The molecule has 0 unspecified atom stereocenters. The van der Waals surface area contributed by atoms with Gasteiger partial charge in [0.2, 0.25) is 17.8 Å². The van der Waals surface area contributed by atoms with Gasteiger partial charge in [-0.1, -0.05) is 60.7 Å². The molecule has 0 fully saturated rings. The molecule has 0 aliphatic heterocycles. The van der Waals surface area contributed by atoms with E-state index in [2.05, 4.69) is 30.9 Å². The molecule has 0 aliphatic carbocycles. The molecule has 37 heavy (non-hydrogen) atoms. The van der Waals surface area contributed by atoms with Gasteiger partial charge in [0.05, 0.1) is 19.8 Å². The molecule has 12 nitrogen and oxygen atoms in total. The highest BCUT2D eigenvalue weighted by molar-refractivity contribution is 5.78. The summed E-state index contributed by atoms with van der Waals surface area (Å²) < 4.78 is 5.22. The van der Waals surface area contributed by atoms with Gasteiger partial charge in [-0.15, -0.1) is 0 Å². The maximum atomic E-state index is 11.9. The van der Waals surface area contributed by atoms with E-state index in [0.717, 1.165) is 11.1 Å². The predicted octanol–water partition coefficient (Wildman–Crippen LogP) is 1.51. The van der Waals surface area contributed by atoms with E-state index in [1.165, 1.54) is 0 Å². The Morgan fingerprint density at radius 2 is 1.19 bits per heavy atom. The molecule has 0 spiro atoms. The maximum absolute atomic E-state index is 11.9. The zero-order valence-corrected chi connectivity index (χ0v) is 20.1. The van der Waals surface area contributed by atoms with E-state index >= 15 is 0 Å². The molecule has 0 aliphatic rings. The Morgan fingerprint density at radius 3 is 1.62 bits per heavy atom. The second kappa shape index (κ2) is 14.3. The Morgan fingerprint density at radius 1 is 0.730 bits per heavy atom. The van der Waals surface area contributed by atoms with Crippen LogP contribution in [0.4, 0.5) is 17.8 Å². The highest BCUT2D eigenvalue weighted by Gasteiger charge is 2.23. The van der Waals surface area contributed by atoms with Crippen LogP contribution in [0.3, 0.4) is 0 Å². The molecular weight excluding hydrogens is 480 g/mol. The van der Waals surface area contributed by atoms with Gasteiger partial charge in [0.1, 0.15) is 12.1 Å². The molecule has 0 bridgehead atoms. The van der Waals surface area contributed by atoms with Crippen molar-refractivity contribution in [3.63, 3.8) is 0 Å². The van der Waals surface area contributed by atoms with Crippen molar-refractivity contribution in [2.24, 2.45) is 0 Å². The predicted molar refractivity (Wildman–Crippen MR) is 137 cm³/mol. The van der Waals surface area contributed by atoms with Gasteiger partial charge in [-0.05, 0) is 11.1 Å². The summed E-state index contributed by atoms with van der Waals surface area (Å²) in [4.78, 5) is 36.6. The number of nitrogens with zero attached hydrogens (tertiary/aromatic N) is 3. The third kappa shape index (κ3) is 9.35. The zero-order valence-electron chi connectivity index (χ0n) is 20.1. The van der Waals surface area contributed by atoms with Crippen LogP contribution in [-0.2, 0) is 27.2 Å². The average molecular weight is 511 g/mol. The lowest BCUT2D eigenvalue weighted by atomic mass is 10.1. The Balaban J connectivity index is 1.81. The van der Waals surface area contributed by atoms with E-state index in [4.69, 9.17) is 9.84 Å². The molecule has 3 rings (SSSR count). The number of aliphatic hydroxyl groups is 1. The first-order valence-electron chi connectivity index (χ1n) is 11.7. The van der Waals surface area contributed by atoms with Crippen LogP contribution in [0.2, 0.25) is 0 Å². The quantitative estimate of drug-likeness (QED) is 0.153. The fraction of sp³-hybridized carbons (Fsp3) is 0.320. The van der Waals surface area contributed by atoms with Crippen LogP contribution >= 0.6 is 0 Å². The Labute approximate surface area is 213 Å². The number of carboxylic acid groups (broad SMARTS) is 2. The number of benzene rings is 2. The monoisotopic (exact) mass is 510 g/mol. The first kappa shape index (κ1) is 27.3. The Kier molecular flexibility index (Phi) is 10.6. The molecule has 2 aromatic carbocycles. The lowest BCUT2D eigenvalue weighted by Crippen LogP contribution is -2.34. The number of anilines is 3. The number of hydrogen-bond donors (Lipinski definition) is 6. The van der Waals surface area contributed by atoms with Gasteiger partial charge in [0.15, 0.2) is 0 Å². The Hall–Kier alpha value is -4.29. The highest BCUT2D eigenvalue weighted by atomic mass is 16.5. The fourth-order valence-corrected chi connectivity index (χ4v) is 3.40. The van der Waals surface area contributed by atoms with Gasteiger partial charge >= 0.3 is 11.9 Å². The smallest absolute Gasteiger partial charge is 0.326 e. The summed E-state index contributed by atoms with van der Waals surface area (Å²) >= 11 is 0. The van der Waals surface area contributed by atoms with Crippen molar-refractivity contribution < 1.29 is 29.6 Å². The summed E-state index contributed by atoms with van der Waals surface area (Å²) in [6.45, 7) is 0.624. The van der Waals surface area contributed by atoms with Gasteiger partial charge in [-0.25, -0.2) is 9.59 Å². The lowest BCUT2D eigenvalue weighted by molar-refractivity contribution is -0.138. The van der Waals surface area contributed by atoms with Crippen LogP contribution in [-0.4, -0.2) is 80.7 Å². The van der Waals surface area contributed by atoms with Crippen molar-refractivity contribution in [2.45, 2.75) is 24.9 Å². The van der Waals surface area contributed by atoms with Crippen molar-refractivity contribution in [2.75, 3.05) is 42.3 Å². The molecular formula is C25H30N6O6. The number of rotatable bonds is 16. The minimum atomic E-state index is -1.10. The zero-order chi connectivity index (χ0) is 26.5. The number of ether oxygens (including phenoxy) is 1. The number of nitrogens with one attached hydrogen (secondary N) is 3. The van der Waals surface area contributed by atoms with Crippen molar-refractivity contribution >= 4 is 29.8 Å². The molecule has 0 saturated heterocycles. The molecule has 2 atom stereocenters. The van der Waals surface area contributed by atoms with E-state index in [0.29, 0.717) is 6.54 Å². The van der Waals surface area contributed by atoms with Crippen LogP contribution in [0.15, 0.2) is 60.7 Å². The summed E-state index contributed by atoms with van der Waals surface area (Å²) in [5, 5.41) is 36.9. The largest absolute Gasteiger partial charge is 0.480 e. The van der Waals surface area contributed by atoms with Crippen LogP contribution < -0.4 is 16.0 Å². The van der Waals surface area contributed by atoms with Crippen molar-refractivity contribution in [1.29, 1.82) is 0 Å². The first-order valence-corrected chi connectivity index (χ1v) is 11.7. The molecule has 6 N–H and O–H groups in total. The lowest BCUT2D eigenvalue weighted by Gasteiger charge is -2.18. The molecule has 1 aromatic heterocycles. The Bertz CT molecular complexity index is 1060. The normalized spacial score (nSPS) is 12.4. The number of aromatic nitrogens is 3.